The Kier molecular flexibility index (Phi) is 7.54. The van der Waals surface area contributed by atoms with Crippen molar-refractivity contribution in [1.82, 2.24) is 15.1 Å². The van der Waals surface area contributed by atoms with Gasteiger partial charge in [0.2, 0.25) is 0 Å². The van der Waals surface area contributed by atoms with Crippen LogP contribution in [0.15, 0.2) is 54.6 Å². The second kappa shape index (κ2) is 10.7. The molecule has 2 amide bonds. The standard InChI is InChI=1S/C25H32FN3O2/c26-22-8-6-20(7-9-22)18-27-25(30)29-16-12-24(13-17-29)31-23-10-14-28(15-11-23)19-21-4-2-1-3-5-21/h1-9,23-24H,10-19H2,(H,27,30). The highest BCUT2D eigenvalue weighted by Crippen LogP contribution is 2.22. The minimum absolute atomic E-state index is 0.0583. The van der Waals surface area contributed by atoms with Crippen LogP contribution >= 0.6 is 0 Å². The van der Waals surface area contributed by atoms with Crippen molar-refractivity contribution >= 4 is 6.03 Å². The van der Waals surface area contributed by atoms with E-state index in [0.717, 1.165) is 50.9 Å². The number of ether oxygens (including phenoxy) is 1. The van der Waals surface area contributed by atoms with Gasteiger partial charge in [-0.2, -0.15) is 0 Å². The molecular weight excluding hydrogens is 393 g/mol. The van der Waals surface area contributed by atoms with Gasteiger partial charge in [-0.25, -0.2) is 9.18 Å². The van der Waals surface area contributed by atoms with Crippen molar-refractivity contribution in [3.63, 3.8) is 0 Å². The lowest BCUT2D eigenvalue weighted by Gasteiger charge is -2.37. The van der Waals surface area contributed by atoms with Crippen LogP contribution in [0.5, 0.6) is 0 Å². The molecule has 6 heteroatoms. The zero-order valence-corrected chi connectivity index (χ0v) is 18.0. The average Bonchev–Trinajstić information content (AvgIpc) is 2.81. The van der Waals surface area contributed by atoms with Crippen molar-refractivity contribution in [2.24, 2.45) is 0 Å². The first-order valence-corrected chi connectivity index (χ1v) is 11.3. The van der Waals surface area contributed by atoms with E-state index in [4.69, 9.17) is 4.74 Å². The fourth-order valence-electron chi connectivity index (χ4n) is 4.40. The zero-order chi connectivity index (χ0) is 21.5. The molecule has 5 nitrogen and oxygen atoms in total. The van der Waals surface area contributed by atoms with E-state index < -0.39 is 0 Å². The SMILES string of the molecule is O=C(NCc1ccc(F)cc1)N1CCC(OC2CCN(Cc3ccccc3)CC2)CC1. The number of carbonyl (C=O) groups excluding carboxylic acids is 1. The van der Waals surface area contributed by atoms with Crippen LogP contribution in [0.1, 0.15) is 36.8 Å². The summed E-state index contributed by atoms with van der Waals surface area (Å²) in [5.74, 6) is -0.265. The van der Waals surface area contributed by atoms with E-state index in [0.29, 0.717) is 25.7 Å². The molecule has 0 atom stereocenters. The number of piperidine rings is 2. The van der Waals surface area contributed by atoms with E-state index in [1.54, 1.807) is 12.1 Å². The number of halogens is 1. The van der Waals surface area contributed by atoms with Crippen LogP contribution in [-0.4, -0.2) is 54.2 Å². The molecule has 0 aliphatic carbocycles. The van der Waals surface area contributed by atoms with Crippen molar-refractivity contribution in [3.8, 4) is 0 Å². The van der Waals surface area contributed by atoms with Crippen LogP contribution in [0.3, 0.4) is 0 Å². The van der Waals surface area contributed by atoms with Gasteiger partial charge in [0.1, 0.15) is 5.82 Å². The lowest BCUT2D eigenvalue weighted by Crippen LogP contribution is -2.47. The third-order valence-corrected chi connectivity index (χ3v) is 6.25. The van der Waals surface area contributed by atoms with Crippen LogP contribution in [-0.2, 0) is 17.8 Å². The third kappa shape index (κ3) is 6.52. The highest BCUT2D eigenvalue weighted by molar-refractivity contribution is 5.74. The van der Waals surface area contributed by atoms with Crippen LogP contribution in [0.4, 0.5) is 9.18 Å². The summed E-state index contributed by atoms with van der Waals surface area (Å²) in [6, 6.07) is 16.8. The van der Waals surface area contributed by atoms with E-state index in [2.05, 4.69) is 40.5 Å². The summed E-state index contributed by atoms with van der Waals surface area (Å²) in [5, 5.41) is 2.93. The number of hydrogen-bond donors (Lipinski definition) is 1. The van der Waals surface area contributed by atoms with Gasteiger partial charge in [0.25, 0.3) is 0 Å². The second-order valence-corrected chi connectivity index (χ2v) is 8.57. The van der Waals surface area contributed by atoms with Gasteiger partial charge in [-0.15, -0.1) is 0 Å². The predicted octanol–water partition coefficient (Wildman–Crippen LogP) is 4.18. The Morgan fingerprint density at radius 2 is 1.48 bits per heavy atom. The molecule has 2 aliphatic heterocycles. The summed E-state index contributed by atoms with van der Waals surface area (Å²) in [6.45, 7) is 5.00. The molecule has 2 aromatic rings. The maximum Gasteiger partial charge on any atom is 0.317 e. The van der Waals surface area contributed by atoms with Gasteiger partial charge in [0.15, 0.2) is 0 Å². The molecule has 4 rings (SSSR count). The van der Waals surface area contributed by atoms with E-state index in [1.807, 2.05) is 4.90 Å². The highest BCUT2D eigenvalue weighted by Gasteiger charge is 2.27. The molecule has 2 saturated heterocycles. The molecule has 0 bridgehead atoms. The fraction of sp³-hybridized carbons (Fsp3) is 0.480. The summed E-state index contributed by atoms with van der Waals surface area (Å²) in [4.78, 5) is 16.8. The van der Waals surface area contributed by atoms with Gasteiger partial charge in [-0.3, -0.25) is 4.90 Å². The third-order valence-electron chi connectivity index (χ3n) is 6.25. The molecule has 2 aromatic carbocycles. The monoisotopic (exact) mass is 425 g/mol. The Morgan fingerprint density at radius 3 is 2.13 bits per heavy atom. The van der Waals surface area contributed by atoms with Gasteiger partial charge in [0.05, 0.1) is 12.2 Å². The van der Waals surface area contributed by atoms with Gasteiger partial charge in [-0.05, 0) is 48.9 Å². The molecule has 31 heavy (non-hydrogen) atoms. The van der Waals surface area contributed by atoms with Crippen LogP contribution in [0.25, 0.3) is 0 Å². The van der Waals surface area contributed by atoms with Gasteiger partial charge < -0.3 is 15.0 Å². The van der Waals surface area contributed by atoms with Gasteiger partial charge in [0, 0.05) is 39.3 Å². The number of rotatable bonds is 6. The first-order chi connectivity index (χ1) is 15.2. The van der Waals surface area contributed by atoms with E-state index in [-0.39, 0.29) is 18.0 Å². The minimum atomic E-state index is -0.265. The number of urea groups is 1. The highest BCUT2D eigenvalue weighted by atomic mass is 19.1. The Hall–Kier alpha value is -2.44. The minimum Gasteiger partial charge on any atom is -0.375 e. The van der Waals surface area contributed by atoms with Crippen molar-refractivity contribution in [3.05, 3.63) is 71.5 Å². The summed E-state index contributed by atoms with van der Waals surface area (Å²) >= 11 is 0. The molecule has 2 fully saturated rings. The zero-order valence-electron chi connectivity index (χ0n) is 18.0. The number of nitrogens with one attached hydrogen (secondary N) is 1. The maximum absolute atomic E-state index is 13.0. The molecule has 2 heterocycles. The molecule has 2 aliphatic rings. The number of amides is 2. The molecule has 0 saturated carbocycles. The predicted molar refractivity (Wildman–Crippen MR) is 119 cm³/mol. The topological polar surface area (TPSA) is 44.8 Å². The number of likely N-dealkylation sites (tertiary alicyclic amines) is 2. The van der Waals surface area contributed by atoms with Crippen molar-refractivity contribution in [2.75, 3.05) is 26.2 Å². The van der Waals surface area contributed by atoms with E-state index in [9.17, 15) is 9.18 Å². The van der Waals surface area contributed by atoms with E-state index >= 15 is 0 Å². The largest absolute Gasteiger partial charge is 0.375 e. The first-order valence-electron chi connectivity index (χ1n) is 11.3. The summed E-state index contributed by atoms with van der Waals surface area (Å²) in [5.41, 5.74) is 2.26. The number of benzene rings is 2. The first kappa shape index (κ1) is 21.8. The molecule has 1 N–H and O–H groups in total. The molecule has 166 valence electrons. The molecule has 0 unspecified atom stereocenters. The Balaban J connectivity index is 1.13. The van der Waals surface area contributed by atoms with Crippen molar-refractivity contribution in [2.45, 2.75) is 51.0 Å². The van der Waals surface area contributed by atoms with Crippen LogP contribution in [0, 0.1) is 5.82 Å². The quantitative estimate of drug-likeness (QED) is 0.755. The van der Waals surface area contributed by atoms with Gasteiger partial charge in [-0.1, -0.05) is 42.5 Å². The number of nitrogens with zero attached hydrogens (tertiary/aromatic N) is 2. The normalized spacial score (nSPS) is 18.8. The Bertz CT molecular complexity index is 814. The number of carbonyl (C=O) groups is 1. The fourth-order valence-corrected chi connectivity index (χ4v) is 4.40. The molecule has 0 aromatic heterocycles. The smallest absolute Gasteiger partial charge is 0.317 e. The Labute approximate surface area is 184 Å². The van der Waals surface area contributed by atoms with Crippen LogP contribution < -0.4 is 5.32 Å². The van der Waals surface area contributed by atoms with Crippen molar-refractivity contribution in [1.29, 1.82) is 0 Å². The van der Waals surface area contributed by atoms with E-state index in [1.165, 1.54) is 17.7 Å². The average molecular weight is 426 g/mol. The molecule has 0 radical (unpaired) electrons. The maximum atomic E-state index is 13.0. The summed E-state index contributed by atoms with van der Waals surface area (Å²) < 4.78 is 19.4. The lowest BCUT2D eigenvalue weighted by atomic mass is 10.0. The Morgan fingerprint density at radius 1 is 0.871 bits per heavy atom. The summed E-state index contributed by atoms with van der Waals surface area (Å²) in [7, 11) is 0. The lowest BCUT2D eigenvalue weighted by molar-refractivity contribution is -0.0619. The van der Waals surface area contributed by atoms with Crippen LogP contribution in [0.2, 0.25) is 0 Å². The van der Waals surface area contributed by atoms with Gasteiger partial charge >= 0.3 is 6.03 Å². The van der Waals surface area contributed by atoms with Crippen molar-refractivity contribution < 1.29 is 13.9 Å². The number of hydrogen-bond acceptors (Lipinski definition) is 3. The summed E-state index contributed by atoms with van der Waals surface area (Å²) in [6.07, 6.45) is 4.49. The second-order valence-electron chi connectivity index (χ2n) is 8.57. The molecular formula is C25H32FN3O2. The molecule has 0 spiro atoms.